The summed E-state index contributed by atoms with van der Waals surface area (Å²) in [5.74, 6) is 1.33. The number of carbonyl (C=O) groups excluding carboxylic acids is 1. The van der Waals surface area contributed by atoms with Gasteiger partial charge in [0.2, 0.25) is 5.91 Å². The van der Waals surface area contributed by atoms with E-state index >= 15 is 0 Å². The molecule has 154 valence electrons. The minimum Gasteiger partial charge on any atom is -0.496 e. The summed E-state index contributed by atoms with van der Waals surface area (Å²) < 4.78 is 12.7. The molecule has 7 heteroatoms. The molecule has 0 atom stereocenters. The number of hydrogen-bond donors (Lipinski definition) is 1. The zero-order valence-electron chi connectivity index (χ0n) is 17.2. The Labute approximate surface area is 173 Å². The third kappa shape index (κ3) is 3.78. The smallest absolute Gasteiger partial charge is 0.336 e. The Morgan fingerprint density at radius 2 is 2.03 bits per heavy atom. The van der Waals surface area contributed by atoms with Crippen LogP contribution in [0.4, 0.5) is 0 Å². The second-order valence-corrected chi connectivity index (χ2v) is 7.26. The molecule has 1 amide bonds. The Balaban J connectivity index is 1.46. The van der Waals surface area contributed by atoms with E-state index in [1.54, 1.807) is 13.2 Å². The highest BCUT2D eigenvalue weighted by molar-refractivity contribution is 5.83. The topological polar surface area (TPSA) is 86.4 Å². The number of hydrogen-bond acceptors (Lipinski definition) is 5. The van der Waals surface area contributed by atoms with Crippen LogP contribution in [0, 0.1) is 6.92 Å². The molecule has 2 aromatic heterocycles. The maximum Gasteiger partial charge on any atom is 0.336 e. The first kappa shape index (κ1) is 19.7. The predicted molar refractivity (Wildman–Crippen MR) is 115 cm³/mol. The van der Waals surface area contributed by atoms with Crippen molar-refractivity contribution in [2.75, 3.05) is 7.11 Å². The van der Waals surface area contributed by atoms with E-state index in [1.165, 1.54) is 6.07 Å². The number of imidazole rings is 1. The van der Waals surface area contributed by atoms with Crippen molar-refractivity contribution >= 4 is 27.9 Å². The summed E-state index contributed by atoms with van der Waals surface area (Å²) in [6.45, 7) is 2.22. The van der Waals surface area contributed by atoms with Gasteiger partial charge in [-0.1, -0.05) is 12.1 Å². The summed E-state index contributed by atoms with van der Waals surface area (Å²) in [6, 6.07) is 13.0. The van der Waals surface area contributed by atoms with Gasteiger partial charge < -0.3 is 19.0 Å². The predicted octanol–water partition coefficient (Wildman–Crippen LogP) is 3.25. The third-order valence-electron chi connectivity index (χ3n) is 5.30. The molecule has 2 heterocycles. The quantitative estimate of drug-likeness (QED) is 0.498. The normalized spacial score (nSPS) is 11.2. The number of aromatic nitrogens is 2. The molecule has 0 bridgehead atoms. The van der Waals surface area contributed by atoms with Crippen molar-refractivity contribution in [3.8, 4) is 5.75 Å². The van der Waals surface area contributed by atoms with Crippen molar-refractivity contribution in [2.45, 2.75) is 26.3 Å². The molecule has 0 saturated heterocycles. The van der Waals surface area contributed by atoms with Gasteiger partial charge in [-0.05, 0) is 42.7 Å². The van der Waals surface area contributed by atoms with Gasteiger partial charge in [-0.15, -0.1) is 0 Å². The standard InChI is InChI=1S/C23H23N3O4/c1-14-10-23(28)30-20-12-19(29-3)15(11-16(14)20)8-9-22(27)24-13-21-25-17-6-4-5-7-18(17)26(21)2/h4-7,10-12H,8-9,13H2,1-3H3,(H,24,27). The average Bonchev–Trinajstić information content (AvgIpc) is 3.06. The van der Waals surface area contributed by atoms with Crippen LogP contribution in [0.1, 0.15) is 23.4 Å². The molecule has 4 aromatic rings. The molecular formula is C23H23N3O4. The molecule has 1 N–H and O–H groups in total. The van der Waals surface area contributed by atoms with E-state index in [0.29, 0.717) is 30.7 Å². The molecule has 30 heavy (non-hydrogen) atoms. The van der Waals surface area contributed by atoms with Crippen molar-refractivity contribution in [2.24, 2.45) is 7.05 Å². The summed E-state index contributed by atoms with van der Waals surface area (Å²) >= 11 is 0. The summed E-state index contributed by atoms with van der Waals surface area (Å²) in [6.07, 6.45) is 0.813. The van der Waals surface area contributed by atoms with Gasteiger partial charge in [0, 0.05) is 31.0 Å². The molecule has 2 aromatic carbocycles. The molecule has 0 unspecified atom stereocenters. The van der Waals surface area contributed by atoms with Crippen molar-refractivity contribution in [1.29, 1.82) is 0 Å². The van der Waals surface area contributed by atoms with Gasteiger partial charge in [0.25, 0.3) is 0 Å². The maximum atomic E-state index is 12.4. The number of nitrogens with zero attached hydrogens (tertiary/aromatic N) is 2. The highest BCUT2D eigenvalue weighted by Crippen LogP contribution is 2.28. The van der Waals surface area contributed by atoms with Crippen LogP contribution in [0.2, 0.25) is 0 Å². The zero-order chi connectivity index (χ0) is 21.3. The minimum atomic E-state index is -0.392. The molecule has 0 radical (unpaired) electrons. The lowest BCUT2D eigenvalue weighted by Gasteiger charge is -2.11. The largest absolute Gasteiger partial charge is 0.496 e. The van der Waals surface area contributed by atoms with Crippen LogP contribution in [-0.4, -0.2) is 22.6 Å². The third-order valence-corrected chi connectivity index (χ3v) is 5.30. The number of benzene rings is 2. The first-order valence-electron chi connectivity index (χ1n) is 9.74. The van der Waals surface area contributed by atoms with E-state index in [1.807, 2.05) is 48.9 Å². The van der Waals surface area contributed by atoms with Gasteiger partial charge in [0.1, 0.15) is 17.2 Å². The minimum absolute atomic E-state index is 0.0690. The summed E-state index contributed by atoms with van der Waals surface area (Å²) in [4.78, 5) is 28.6. The van der Waals surface area contributed by atoms with Gasteiger partial charge in [0.15, 0.2) is 0 Å². The van der Waals surface area contributed by atoms with Crippen molar-refractivity contribution < 1.29 is 13.9 Å². The fourth-order valence-corrected chi connectivity index (χ4v) is 3.64. The fraction of sp³-hybridized carbons (Fsp3) is 0.261. The molecule has 0 spiro atoms. The van der Waals surface area contributed by atoms with Crippen LogP contribution < -0.4 is 15.7 Å². The molecule has 4 rings (SSSR count). The Bertz CT molecular complexity index is 1300. The van der Waals surface area contributed by atoms with Gasteiger partial charge in [-0.3, -0.25) is 4.79 Å². The van der Waals surface area contributed by atoms with Crippen molar-refractivity contribution in [3.63, 3.8) is 0 Å². The van der Waals surface area contributed by atoms with E-state index in [0.717, 1.165) is 33.4 Å². The van der Waals surface area contributed by atoms with E-state index in [9.17, 15) is 9.59 Å². The number of ether oxygens (including phenoxy) is 1. The van der Waals surface area contributed by atoms with Crippen LogP contribution in [0.25, 0.3) is 22.0 Å². The number of fused-ring (bicyclic) bond motifs is 2. The highest BCUT2D eigenvalue weighted by Gasteiger charge is 2.13. The lowest BCUT2D eigenvalue weighted by Crippen LogP contribution is -2.24. The highest BCUT2D eigenvalue weighted by atomic mass is 16.5. The Hall–Kier alpha value is -3.61. The van der Waals surface area contributed by atoms with E-state index < -0.39 is 5.63 Å². The molecular weight excluding hydrogens is 382 g/mol. The lowest BCUT2D eigenvalue weighted by atomic mass is 10.0. The van der Waals surface area contributed by atoms with E-state index in [-0.39, 0.29) is 5.91 Å². The fourth-order valence-electron chi connectivity index (χ4n) is 3.64. The SMILES string of the molecule is COc1cc2oc(=O)cc(C)c2cc1CCC(=O)NCc1nc2ccccc2n1C. The van der Waals surface area contributed by atoms with Gasteiger partial charge in [-0.25, -0.2) is 9.78 Å². The Morgan fingerprint density at radius 1 is 1.23 bits per heavy atom. The Kier molecular flexibility index (Phi) is 5.27. The summed E-state index contributed by atoms with van der Waals surface area (Å²) in [7, 11) is 3.50. The molecule has 0 aliphatic carbocycles. The number of nitrogens with one attached hydrogen (secondary N) is 1. The van der Waals surface area contributed by atoms with Crippen LogP contribution in [0.3, 0.4) is 0 Å². The van der Waals surface area contributed by atoms with Gasteiger partial charge in [0.05, 0.1) is 24.7 Å². The number of methoxy groups -OCH3 is 1. The maximum absolute atomic E-state index is 12.4. The monoisotopic (exact) mass is 405 g/mol. The second kappa shape index (κ2) is 8.02. The first-order chi connectivity index (χ1) is 14.5. The van der Waals surface area contributed by atoms with Crippen LogP contribution in [0.15, 0.2) is 51.7 Å². The van der Waals surface area contributed by atoms with Crippen molar-refractivity contribution in [1.82, 2.24) is 14.9 Å². The van der Waals surface area contributed by atoms with Gasteiger partial charge in [-0.2, -0.15) is 0 Å². The molecule has 0 saturated carbocycles. The van der Waals surface area contributed by atoms with Crippen LogP contribution in [0.5, 0.6) is 5.75 Å². The van der Waals surface area contributed by atoms with E-state index in [2.05, 4.69) is 10.3 Å². The Morgan fingerprint density at radius 3 is 2.80 bits per heavy atom. The number of carbonyl (C=O) groups is 1. The number of aryl methyl sites for hydroxylation is 3. The average molecular weight is 405 g/mol. The van der Waals surface area contributed by atoms with Crippen molar-refractivity contribution in [3.05, 3.63) is 69.8 Å². The van der Waals surface area contributed by atoms with Crippen LogP contribution in [-0.2, 0) is 24.8 Å². The van der Waals surface area contributed by atoms with Gasteiger partial charge >= 0.3 is 5.63 Å². The number of rotatable bonds is 6. The zero-order valence-corrected chi connectivity index (χ0v) is 17.2. The van der Waals surface area contributed by atoms with Crippen LogP contribution >= 0.6 is 0 Å². The number of para-hydroxylation sites is 2. The summed E-state index contributed by atoms with van der Waals surface area (Å²) in [5, 5.41) is 3.78. The number of amides is 1. The molecule has 0 aliphatic rings. The van der Waals surface area contributed by atoms with E-state index in [4.69, 9.17) is 9.15 Å². The lowest BCUT2D eigenvalue weighted by molar-refractivity contribution is -0.121. The molecule has 0 aliphatic heterocycles. The molecule has 0 fully saturated rings. The molecule has 7 nitrogen and oxygen atoms in total. The second-order valence-electron chi connectivity index (χ2n) is 7.26. The summed E-state index contributed by atoms with van der Waals surface area (Å²) in [5.41, 5.74) is 3.75. The first-order valence-corrected chi connectivity index (χ1v) is 9.74.